The fourth-order valence-corrected chi connectivity index (χ4v) is 1.85. The minimum Gasteiger partial charge on any atom is -0.282 e. The maximum atomic E-state index is 13.1. The van der Waals surface area contributed by atoms with Crippen LogP contribution in [0.4, 0.5) is 4.39 Å². The van der Waals surface area contributed by atoms with Gasteiger partial charge in [-0.25, -0.2) is 4.98 Å². The van der Waals surface area contributed by atoms with Gasteiger partial charge in [-0.3, -0.25) is 4.99 Å². The second-order valence-corrected chi connectivity index (χ2v) is 3.76. The van der Waals surface area contributed by atoms with Crippen molar-refractivity contribution in [3.05, 3.63) is 41.5 Å². The molecule has 2 rings (SSSR count). The standard InChI is InChI=1S/C11H10ClFN2/c1-2-7-3-4-9(15-7)8-5-6-14-11(13)10(8)12/h2,5-7H,1,3-4H2. The van der Waals surface area contributed by atoms with Gasteiger partial charge < -0.3 is 0 Å². The van der Waals surface area contributed by atoms with Gasteiger partial charge in [-0.1, -0.05) is 17.7 Å². The Morgan fingerprint density at radius 2 is 2.40 bits per heavy atom. The number of hydrogen-bond acceptors (Lipinski definition) is 2. The molecule has 2 nitrogen and oxygen atoms in total. The molecule has 4 heteroatoms. The molecular formula is C11H10ClFN2. The smallest absolute Gasteiger partial charge is 0.232 e. The second-order valence-electron chi connectivity index (χ2n) is 3.38. The molecular weight excluding hydrogens is 215 g/mol. The van der Waals surface area contributed by atoms with Crippen LogP contribution in [0.1, 0.15) is 18.4 Å². The van der Waals surface area contributed by atoms with Crippen LogP contribution in [-0.4, -0.2) is 16.7 Å². The van der Waals surface area contributed by atoms with Gasteiger partial charge >= 0.3 is 0 Å². The van der Waals surface area contributed by atoms with Crippen LogP contribution < -0.4 is 0 Å². The summed E-state index contributed by atoms with van der Waals surface area (Å²) in [6.45, 7) is 3.68. The number of aromatic nitrogens is 1. The van der Waals surface area contributed by atoms with E-state index >= 15 is 0 Å². The number of pyridine rings is 1. The van der Waals surface area contributed by atoms with Gasteiger partial charge in [0.1, 0.15) is 5.02 Å². The summed E-state index contributed by atoms with van der Waals surface area (Å²) in [6.07, 6.45) is 4.91. The molecule has 0 aromatic carbocycles. The third-order valence-corrected chi connectivity index (χ3v) is 2.79. The highest BCUT2D eigenvalue weighted by atomic mass is 35.5. The fraction of sp³-hybridized carbons (Fsp3) is 0.273. The van der Waals surface area contributed by atoms with E-state index in [0.717, 1.165) is 18.6 Å². The van der Waals surface area contributed by atoms with E-state index in [2.05, 4.69) is 16.6 Å². The molecule has 0 aliphatic carbocycles. The Balaban J connectivity index is 2.39. The highest BCUT2D eigenvalue weighted by Crippen LogP contribution is 2.25. The number of hydrogen-bond donors (Lipinski definition) is 0. The lowest BCUT2D eigenvalue weighted by atomic mass is 10.1. The molecule has 2 heterocycles. The maximum absolute atomic E-state index is 13.1. The van der Waals surface area contributed by atoms with Crippen LogP contribution >= 0.6 is 11.6 Å². The van der Waals surface area contributed by atoms with Crippen LogP contribution in [-0.2, 0) is 0 Å². The summed E-state index contributed by atoms with van der Waals surface area (Å²) in [6, 6.07) is 1.82. The minimum atomic E-state index is -0.640. The van der Waals surface area contributed by atoms with Crippen LogP contribution in [0.2, 0.25) is 5.02 Å². The zero-order chi connectivity index (χ0) is 10.8. The van der Waals surface area contributed by atoms with Crippen LogP contribution in [0, 0.1) is 5.95 Å². The molecule has 1 atom stereocenters. The van der Waals surface area contributed by atoms with Gasteiger partial charge in [0.2, 0.25) is 5.95 Å². The molecule has 0 saturated carbocycles. The molecule has 0 spiro atoms. The molecule has 1 aliphatic rings. The first kappa shape index (κ1) is 10.3. The predicted molar refractivity (Wildman–Crippen MR) is 59.0 cm³/mol. The van der Waals surface area contributed by atoms with Gasteiger partial charge in [-0.05, 0) is 18.9 Å². The van der Waals surface area contributed by atoms with Crippen molar-refractivity contribution in [3.63, 3.8) is 0 Å². The van der Waals surface area contributed by atoms with E-state index in [9.17, 15) is 4.39 Å². The highest BCUT2D eigenvalue weighted by molar-refractivity contribution is 6.34. The summed E-state index contributed by atoms with van der Waals surface area (Å²) in [5.41, 5.74) is 1.49. The van der Waals surface area contributed by atoms with Gasteiger partial charge in [0, 0.05) is 17.5 Å². The minimum absolute atomic E-state index is 0.0564. The zero-order valence-corrected chi connectivity index (χ0v) is 8.84. The Morgan fingerprint density at radius 3 is 3.07 bits per heavy atom. The van der Waals surface area contributed by atoms with Crippen molar-refractivity contribution in [2.24, 2.45) is 4.99 Å². The number of halogens is 2. The monoisotopic (exact) mass is 224 g/mol. The van der Waals surface area contributed by atoms with E-state index in [4.69, 9.17) is 11.6 Å². The Hall–Kier alpha value is -1.22. The number of aliphatic imine (C=N–C) groups is 1. The molecule has 15 heavy (non-hydrogen) atoms. The quantitative estimate of drug-likeness (QED) is 0.560. The van der Waals surface area contributed by atoms with Crippen molar-refractivity contribution in [1.29, 1.82) is 0 Å². The number of nitrogens with zero attached hydrogens (tertiary/aromatic N) is 2. The molecule has 0 amide bonds. The summed E-state index contributed by atoms with van der Waals surface area (Å²) in [4.78, 5) is 7.87. The number of rotatable bonds is 2. The maximum Gasteiger partial charge on any atom is 0.232 e. The van der Waals surface area contributed by atoms with Gasteiger partial charge in [0.05, 0.1) is 6.04 Å². The molecule has 78 valence electrons. The van der Waals surface area contributed by atoms with Crippen LogP contribution in [0.15, 0.2) is 29.9 Å². The van der Waals surface area contributed by atoms with E-state index in [1.165, 1.54) is 6.20 Å². The van der Waals surface area contributed by atoms with Crippen molar-refractivity contribution >= 4 is 17.3 Å². The first-order valence-corrected chi connectivity index (χ1v) is 5.09. The lowest BCUT2D eigenvalue weighted by molar-refractivity contribution is 0.584. The first-order valence-electron chi connectivity index (χ1n) is 4.72. The average Bonchev–Trinajstić information content (AvgIpc) is 2.70. The molecule has 0 radical (unpaired) electrons. The summed E-state index contributed by atoms with van der Waals surface area (Å²) >= 11 is 5.82. The molecule has 0 fully saturated rings. The van der Waals surface area contributed by atoms with Crippen LogP contribution in [0.3, 0.4) is 0 Å². The van der Waals surface area contributed by atoms with Gasteiger partial charge in [0.15, 0.2) is 0 Å². The van der Waals surface area contributed by atoms with Gasteiger partial charge in [-0.15, -0.1) is 6.58 Å². The Labute approximate surface area is 92.5 Å². The van der Waals surface area contributed by atoms with E-state index in [1.807, 2.05) is 0 Å². The van der Waals surface area contributed by atoms with Crippen molar-refractivity contribution in [1.82, 2.24) is 4.98 Å². The molecule has 1 aromatic rings. The van der Waals surface area contributed by atoms with Crippen molar-refractivity contribution in [3.8, 4) is 0 Å². The third-order valence-electron chi connectivity index (χ3n) is 2.43. The predicted octanol–water partition coefficient (Wildman–Crippen LogP) is 3.01. The normalized spacial score (nSPS) is 20.1. The third kappa shape index (κ3) is 1.92. The lowest BCUT2D eigenvalue weighted by Gasteiger charge is -2.02. The molecule has 1 unspecified atom stereocenters. The summed E-state index contributed by atoms with van der Waals surface area (Å²) < 4.78 is 13.1. The summed E-state index contributed by atoms with van der Waals surface area (Å²) in [5, 5.41) is 0.0564. The topological polar surface area (TPSA) is 25.2 Å². The highest BCUT2D eigenvalue weighted by Gasteiger charge is 2.19. The fourth-order valence-electron chi connectivity index (χ4n) is 1.63. The van der Waals surface area contributed by atoms with Gasteiger partial charge in [-0.2, -0.15) is 4.39 Å². The molecule has 0 saturated heterocycles. The summed E-state index contributed by atoms with van der Waals surface area (Å²) in [5.74, 6) is -0.640. The molecule has 0 N–H and O–H groups in total. The molecule has 0 bridgehead atoms. The van der Waals surface area contributed by atoms with Crippen LogP contribution in [0.25, 0.3) is 0 Å². The van der Waals surface area contributed by atoms with Crippen molar-refractivity contribution in [2.45, 2.75) is 18.9 Å². The van der Waals surface area contributed by atoms with E-state index in [0.29, 0.717) is 5.56 Å². The van der Waals surface area contributed by atoms with Crippen molar-refractivity contribution in [2.75, 3.05) is 0 Å². The lowest BCUT2D eigenvalue weighted by Crippen LogP contribution is -2.00. The van der Waals surface area contributed by atoms with E-state index in [1.54, 1.807) is 12.1 Å². The second kappa shape index (κ2) is 4.11. The Morgan fingerprint density at radius 1 is 1.60 bits per heavy atom. The molecule has 1 aliphatic heterocycles. The summed E-state index contributed by atoms with van der Waals surface area (Å²) in [7, 11) is 0. The van der Waals surface area contributed by atoms with Crippen LogP contribution in [0.5, 0.6) is 0 Å². The van der Waals surface area contributed by atoms with Crippen molar-refractivity contribution < 1.29 is 4.39 Å². The SMILES string of the molecule is C=CC1CCC(c2ccnc(F)c2Cl)=N1. The first-order chi connectivity index (χ1) is 7.22. The Kier molecular flexibility index (Phi) is 2.82. The largest absolute Gasteiger partial charge is 0.282 e. The van der Waals surface area contributed by atoms with E-state index < -0.39 is 5.95 Å². The average molecular weight is 225 g/mol. The van der Waals surface area contributed by atoms with Gasteiger partial charge in [0.25, 0.3) is 0 Å². The molecule has 1 aromatic heterocycles. The zero-order valence-electron chi connectivity index (χ0n) is 8.08. The Bertz CT molecular complexity index is 429. The van der Waals surface area contributed by atoms with E-state index in [-0.39, 0.29) is 11.1 Å².